The first-order valence-corrected chi connectivity index (χ1v) is 11.7. The van der Waals surface area contributed by atoms with E-state index in [1.54, 1.807) is 48.4 Å². The van der Waals surface area contributed by atoms with Crippen molar-refractivity contribution in [2.75, 3.05) is 31.7 Å². The molecule has 1 atom stereocenters. The predicted octanol–water partition coefficient (Wildman–Crippen LogP) is 4.10. The molecule has 0 aromatic heterocycles. The number of aliphatic hydroxyl groups excluding tert-OH is 1. The van der Waals surface area contributed by atoms with Gasteiger partial charge in [0.05, 0.1) is 11.3 Å². The van der Waals surface area contributed by atoms with Crippen LogP contribution in [0.4, 0.5) is 5.69 Å². The molecule has 1 N–H and O–H groups in total. The number of fused-ring (bicyclic) bond motifs is 2. The smallest absolute Gasteiger partial charge is 0.296 e. The summed E-state index contributed by atoms with van der Waals surface area (Å²) in [5.41, 5.74) is -0.495. The van der Waals surface area contributed by atoms with Gasteiger partial charge in [-0.25, -0.2) is 0 Å². The number of halogens is 1. The number of carbonyl (C=O) groups is 3. The summed E-state index contributed by atoms with van der Waals surface area (Å²) in [4.78, 5) is 43.9. The van der Waals surface area contributed by atoms with Gasteiger partial charge in [0.2, 0.25) is 0 Å². The van der Waals surface area contributed by atoms with Gasteiger partial charge in [-0.2, -0.15) is 0 Å². The van der Waals surface area contributed by atoms with Crippen molar-refractivity contribution in [3.63, 3.8) is 0 Å². The van der Waals surface area contributed by atoms with Crippen LogP contribution in [0, 0.1) is 0 Å². The average Bonchev–Trinajstić information content (AvgIpc) is 3.21. The number of nitrogens with zero attached hydrogens (tertiary/aromatic N) is 2. The topological polar surface area (TPSA) is 87.2 Å². The third-order valence-corrected chi connectivity index (χ3v) is 6.64. The molecule has 0 saturated carbocycles. The molecule has 8 heteroatoms. The lowest BCUT2D eigenvalue weighted by Crippen LogP contribution is -2.52. The van der Waals surface area contributed by atoms with E-state index in [2.05, 4.69) is 0 Å². The molecular formula is C26H27ClN2O5. The first-order valence-electron chi connectivity index (χ1n) is 11.4. The number of methoxy groups -OCH3 is 1. The summed E-state index contributed by atoms with van der Waals surface area (Å²) in [6, 6.07) is 13.4. The first-order chi connectivity index (χ1) is 16.4. The summed E-state index contributed by atoms with van der Waals surface area (Å²) < 4.78 is 5.15. The maximum atomic E-state index is 14.2. The Morgan fingerprint density at radius 3 is 2.41 bits per heavy atom. The van der Waals surface area contributed by atoms with Crippen LogP contribution < -0.4 is 4.90 Å². The zero-order valence-electron chi connectivity index (χ0n) is 19.2. The van der Waals surface area contributed by atoms with Gasteiger partial charge in [-0.1, -0.05) is 43.1 Å². The van der Waals surface area contributed by atoms with Crippen LogP contribution in [0.15, 0.2) is 54.1 Å². The molecule has 1 unspecified atom stereocenters. The van der Waals surface area contributed by atoms with E-state index in [-0.39, 0.29) is 12.1 Å². The summed E-state index contributed by atoms with van der Waals surface area (Å²) in [6.07, 6.45) is 2.05. The lowest BCUT2D eigenvalue weighted by atomic mass is 9.82. The summed E-state index contributed by atoms with van der Waals surface area (Å²) >= 11 is 6.00. The zero-order chi connectivity index (χ0) is 24.5. The maximum absolute atomic E-state index is 14.2. The van der Waals surface area contributed by atoms with Crippen LogP contribution in [0.5, 0.6) is 0 Å². The molecule has 2 aliphatic heterocycles. The summed E-state index contributed by atoms with van der Waals surface area (Å²) in [5, 5.41) is 11.8. The highest BCUT2D eigenvalue weighted by Crippen LogP contribution is 2.53. The summed E-state index contributed by atoms with van der Waals surface area (Å²) in [6.45, 7) is 2.94. The van der Waals surface area contributed by atoms with Crippen molar-refractivity contribution in [1.29, 1.82) is 0 Å². The summed E-state index contributed by atoms with van der Waals surface area (Å²) in [5.74, 6) is -2.50. The van der Waals surface area contributed by atoms with E-state index in [1.165, 1.54) is 4.90 Å². The van der Waals surface area contributed by atoms with Gasteiger partial charge < -0.3 is 19.6 Å². The highest BCUT2D eigenvalue weighted by Gasteiger charge is 2.66. The van der Waals surface area contributed by atoms with E-state index in [0.29, 0.717) is 41.4 Å². The van der Waals surface area contributed by atoms with Crippen LogP contribution in [-0.4, -0.2) is 54.4 Å². The fourth-order valence-electron chi connectivity index (χ4n) is 4.82. The maximum Gasteiger partial charge on any atom is 0.296 e. The Labute approximate surface area is 203 Å². The minimum Gasteiger partial charge on any atom is -0.507 e. The van der Waals surface area contributed by atoms with Crippen LogP contribution in [0.1, 0.15) is 37.3 Å². The van der Waals surface area contributed by atoms with Crippen LogP contribution in [0.3, 0.4) is 0 Å². The number of hydrogen-bond donors (Lipinski definition) is 1. The number of aliphatic hydroxyl groups is 1. The Kier molecular flexibility index (Phi) is 6.77. The van der Waals surface area contributed by atoms with Crippen molar-refractivity contribution < 1.29 is 24.2 Å². The molecule has 2 aromatic rings. The van der Waals surface area contributed by atoms with Crippen LogP contribution in [-0.2, 0) is 24.7 Å². The highest BCUT2D eigenvalue weighted by atomic mass is 35.5. The molecule has 2 aliphatic rings. The predicted molar refractivity (Wildman–Crippen MR) is 130 cm³/mol. The second-order valence-electron chi connectivity index (χ2n) is 8.40. The molecule has 34 heavy (non-hydrogen) atoms. The molecule has 178 valence electrons. The Morgan fingerprint density at radius 1 is 1.03 bits per heavy atom. The van der Waals surface area contributed by atoms with Crippen LogP contribution in [0.25, 0.3) is 5.76 Å². The van der Waals surface area contributed by atoms with Gasteiger partial charge in [0.25, 0.3) is 17.6 Å². The fourth-order valence-corrected chi connectivity index (χ4v) is 4.95. The number of anilines is 1. The fraction of sp³-hybridized carbons (Fsp3) is 0.346. The number of unbranched alkanes of at least 4 members (excludes halogenated alkanes) is 1. The van der Waals surface area contributed by atoms with E-state index < -0.39 is 28.9 Å². The van der Waals surface area contributed by atoms with Crippen molar-refractivity contribution in [1.82, 2.24) is 4.90 Å². The van der Waals surface area contributed by atoms with Gasteiger partial charge in [0.1, 0.15) is 5.76 Å². The monoisotopic (exact) mass is 482 g/mol. The molecular weight excluding hydrogens is 456 g/mol. The second kappa shape index (κ2) is 9.60. The van der Waals surface area contributed by atoms with Crippen molar-refractivity contribution in [3.05, 3.63) is 70.3 Å². The third kappa shape index (κ3) is 3.60. The largest absolute Gasteiger partial charge is 0.507 e. The quantitative estimate of drug-likeness (QED) is 0.265. The Hall–Kier alpha value is -3.16. The minimum absolute atomic E-state index is 0.123. The van der Waals surface area contributed by atoms with Crippen molar-refractivity contribution in [2.45, 2.75) is 31.7 Å². The number of rotatable bonds is 8. The molecule has 2 amide bonds. The number of carbonyl (C=O) groups excluding carboxylic acids is 3. The van der Waals surface area contributed by atoms with Gasteiger partial charge >= 0.3 is 0 Å². The van der Waals surface area contributed by atoms with Crippen molar-refractivity contribution in [2.24, 2.45) is 0 Å². The van der Waals surface area contributed by atoms with E-state index in [4.69, 9.17) is 16.3 Å². The molecule has 1 saturated heterocycles. The Morgan fingerprint density at radius 2 is 1.74 bits per heavy atom. The number of para-hydroxylation sites is 1. The molecule has 2 aromatic carbocycles. The third-order valence-electron chi connectivity index (χ3n) is 6.39. The standard InChI is InChI=1S/C26H27ClN2O5/c1-3-4-14-28-20-9-6-5-8-19(20)26(25(28)33)21(22(30)17-10-12-18(27)13-11-17)23(31)24(32)29(26)15-7-16-34-2/h5-6,8-13,30H,3-4,7,14-16H2,1-2H3/b22-21-. The molecule has 2 heterocycles. The van der Waals surface area contributed by atoms with Crippen molar-refractivity contribution in [3.8, 4) is 0 Å². The van der Waals surface area contributed by atoms with E-state index in [9.17, 15) is 19.5 Å². The SMILES string of the molecule is CCCCN1C(=O)C2(/C(=C(\O)c3ccc(Cl)cc3)C(=O)C(=O)N2CCCOC)c2ccccc21. The average molecular weight is 483 g/mol. The Balaban J connectivity index is 1.99. The van der Waals surface area contributed by atoms with E-state index in [0.717, 1.165) is 12.8 Å². The lowest BCUT2D eigenvalue weighted by molar-refractivity contribution is -0.143. The lowest BCUT2D eigenvalue weighted by Gasteiger charge is -2.34. The zero-order valence-corrected chi connectivity index (χ0v) is 20.0. The second-order valence-corrected chi connectivity index (χ2v) is 8.84. The summed E-state index contributed by atoms with van der Waals surface area (Å²) in [7, 11) is 1.55. The number of ether oxygens (including phenoxy) is 1. The molecule has 0 bridgehead atoms. The number of benzene rings is 2. The molecule has 0 aliphatic carbocycles. The van der Waals surface area contributed by atoms with Gasteiger partial charge in [0.15, 0.2) is 5.54 Å². The van der Waals surface area contributed by atoms with E-state index >= 15 is 0 Å². The number of Topliss-reactive ketones (excluding diaryl/α,β-unsaturated/α-hetero) is 1. The minimum atomic E-state index is -1.74. The van der Waals surface area contributed by atoms with Gasteiger partial charge in [-0.3, -0.25) is 14.4 Å². The molecule has 0 radical (unpaired) electrons. The molecule has 1 spiro atoms. The highest BCUT2D eigenvalue weighted by molar-refractivity contribution is 6.50. The van der Waals surface area contributed by atoms with Gasteiger partial charge in [-0.05, 0) is 43.2 Å². The molecule has 1 fully saturated rings. The Bertz CT molecular complexity index is 1160. The number of likely N-dealkylation sites (tertiary alicyclic amines) is 1. The number of hydrogen-bond acceptors (Lipinski definition) is 5. The normalized spacial score (nSPS) is 21.1. The van der Waals surface area contributed by atoms with Crippen LogP contribution in [0.2, 0.25) is 5.02 Å². The first kappa shape index (κ1) is 24.0. The van der Waals surface area contributed by atoms with E-state index in [1.807, 2.05) is 19.1 Å². The van der Waals surface area contributed by atoms with Crippen molar-refractivity contribution >= 4 is 40.6 Å². The molecule has 4 rings (SSSR count). The number of amides is 2. The number of ketones is 1. The van der Waals surface area contributed by atoms with Gasteiger partial charge in [-0.15, -0.1) is 0 Å². The molecule has 7 nitrogen and oxygen atoms in total. The van der Waals surface area contributed by atoms with Gasteiger partial charge in [0, 0.05) is 43.0 Å². The van der Waals surface area contributed by atoms with Crippen LogP contribution >= 0.6 is 11.6 Å².